The van der Waals surface area contributed by atoms with Crippen LogP contribution in [0.5, 0.6) is 11.5 Å². The van der Waals surface area contributed by atoms with E-state index in [0.717, 1.165) is 32.4 Å². The van der Waals surface area contributed by atoms with Crippen molar-refractivity contribution in [2.75, 3.05) is 26.8 Å². The molecule has 2 aliphatic heterocycles. The molecule has 1 saturated heterocycles. The van der Waals surface area contributed by atoms with Crippen LogP contribution in [0.15, 0.2) is 24.8 Å². The lowest BCUT2D eigenvalue weighted by atomic mass is 9.77. The Morgan fingerprint density at radius 3 is 2.95 bits per heavy atom. The number of ether oxygens (including phenoxy) is 1. The molecule has 2 N–H and O–H groups in total. The zero-order chi connectivity index (χ0) is 15.7. The number of fused-ring (bicyclic) bond motifs is 3. The minimum Gasteiger partial charge on any atom is -0.504 e. The van der Waals surface area contributed by atoms with Crippen molar-refractivity contribution < 1.29 is 14.9 Å². The van der Waals surface area contributed by atoms with Crippen LogP contribution < -0.4 is 4.74 Å². The molecule has 3 atom stereocenters. The molecule has 4 nitrogen and oxygen atoms in total. The molecular formula is C18H25NO3. The summed E-state index contributed by atoms with van der Waals surface area (Å²) in [7, 11) is 1.59. The van der Waals surface area contributed by atoms with Crippen molar-refractivity contribution in [2.24, 2.45) is 11.8 Å². The van der Waals surface area contributed by atoms with Crippen LogP contribution in [0.2, 0.25) is 0 Å². The number of rotatable bonds is 4. The van der Waals surface area contributed by atoms with E-state index in [1.54, 1.807) is 7.11 Å². The van der Waals surface area contributed by atoms with Crippen molar-refractivity contribution >= 4 is 0 Å². The molecule has 0 aliphatic carbocycles. The molecule has 1 aromatic rings. The van der Waals surface area contributed by atoms with Crippen LogP contribution in [0.1, 0.15) is 30.0 Å². The van der Waals surface area contributed by atoms with Crippen molar-refractivity contribution in [3.63, 3.8) is 0 Å². The SMILES string of the molecule is C=CC(CO)C1CCN2CCc3cc(OC)c(O)cc3C2C1. The van der Waals surface area contributed by atoms with E-state index in [0.29, 0.717) is 17.7 Å². The fraction of sp³-hybridized carbons (Fsp3) is 0.556. The minimum atomic E-state index is 0.166. The summed E-state index contributed by atoms with van der Waals surface area (Å²) in [5.41, 5.74) is 2.49. The summed E-state index contributed by atoms with van der Waals surface area (Å²) in [5.74, 6) is 1.39. The molecule has 0 amide bonds. The summed E-state index contributed by atoms with van der Waals surface area (Å²) in [6, 6.07) is 4.17. The Kier molecular flexibility index (Phi) is 4.41. The van der Waals surface area contributed by atoms with Gasteiger partial charge in [-0.3, -0.25) is 4.90 Å². The lowest BCUT2D eigenvalue weighted by Crippen LogP contribution is -2.43. The van der Waals surface area contributed by atoms with Crippen molar-refractivity contribution in [3.8, 4) is 11.5 Å². The summed E-state index contributed by atoms with van der Waals surface area (Å²) in [6.07, 6.45) is 4.99. The number of hydrogen-bond donors (Lipinski definition) is 2. The average molecular weight is 303 g/mol. The Labute approximate surface area is 132 Å². The number of phenols is 1. The summed E-state index contributed by atoms with van der Waals surface area (Å²) >= 11 is 0. The van der Waals surface area contributed by atoms with Crippen molar-refractivity contribution in [3.05, 3.63) is 35.9 Å². The van der Waals surface area contributed by atoms with Gasteiger partial charge in [-0.05, 0) is 55.0 Å². The quantitative estimate of drug-likeness (QED) is 0.839. The highest BCUT2D eigenvalue weighted by Crippen LogP contribution is 2.44. The molecule has 0 aromatic heterocycles. The largest absolute Gasteiger partial charge is 0.504 e. The number of hydrogen-bond acceptors (Lipinski definition) is 4. The van der Waals surface area contributed by atoms with E-state index in [1.165, 1.54) is 11.1 Å². The van der Waals surface area contributed by atoms with Gasteiger partial charge in [-0.2, -0.15) is 0 Å². The van der Waals surface area contributed by atoms with E-state index in [2.05, 4.69) is 11.5 Å². The van der Waals surface area contributed by atoms with Gasteiger partial charge >= 0.3 is 0 Å². The standard InChI is InChI=1S/C18H25NO3/c1-3-12(11-20)13-4-6-19-7-5-14-9-18(22-2)17(21)10-15(14)16(19)8-13/h3,9-10,12-13,16,20-21H,1,4-8,11H2,2H3. The van der Waals surface area contributed by atoms with Gasteiger partial charge in [0, 0.05) is 25.1 Å². The summed E-state index contributed by atoms with van der Waals surface area (Å²) in [5, 5.41) is 19.7. The maximum Gasteiger partial charge on any atom is 0.160 e. The molecule has 3 rings (SSSR count). The topological polar surface area (TPSA) is 52.9 Å². The molecule has 0 radical (unpaired) electrons. The first-order chi connectivity index (χ1) is 10.7. The molecular weight excluding hydrogens is 278 g/mol. The lowest BCUT2D eigenvalue weighted by molar-refractivity contribution is 0.0718. The van der Waals surface area contributed by atoms with Gasteiger partial charge in [-0.15, -0.1) is 6.58 Å². The fourth-order valence-corrected chi connectivity index (χ4v) is 4.02. The first kappa shape index (κ1) is 15.4. The van der Waals surface area contributed by atoms with Crippen molar-refractivity contribution in [2.45, 2.75) is 25.3 Å². The molecule has 120 valence electrons. The molecule has 2 aliphatic rings. The van der Waals surface area contributed by atoms with Crippen LogP contribution in [0.4, 0.5) is 0 Å². The number of aromatic hydroxyl groups is 1. The first-order valence-corrected chi connectivity index (χ1v) is 8.05. The fourth-order valence-electron chi connectivity index (χ4n) is 4.02. The molecule has 1 fully saturated rings. The average Bonchev–Trinajstić information content (AvgIpc) is 2.55. The van der Waals surface area contributed by atoms with Gasteiger partial charge in [-0.1, -0.05) is 6.08 Å². The molecule has 0 spiro atoms. The third-order valence-corrected chi connectivity index (χ3v) is 5.34. The smallest absolute Gasteiger partial charge is 0.160 e. The normalized spacial score (nSPS) is 25.9. The Balaban J connectivity index is 1.90. The number of benzene rings is 1. The second kappa shape index (κ2) is 6.31. The highest BCUT2D eigenvalue weighted by molar-refractivity contribution is 5.48. The summed E-state index contributed by atoms with van der Waals surface area (Å²) < 4.78 is 5.23. The van der Waals surface area contributed by atoms with Crippen LogP contribution in [-0.2, 0) is 6.42 Å². The van der Waals surface area contributed by atoms with Crippen LogP contribution in [0.3, 0.4) is 0 Å². The highest BCUT2D eigenvalue weighted by atomic mass is 16.5. The maximum atomic E-state index is 10.1. The van der Waals surface area contributed by atoms with Crippen LogP contribution in [0.25, 0.3) is 0 Å². The maximum absolute atomic E-state index is 10.1. The zero-order valence-electron chi connectivity index (χ0n) is 13.2. The van der Waals surface area contributed by atoms with Gasteiger partial charge in [0.05, 0.1) is 7.11 Å². The predicted octanol–water partition coefficient (Wildman–Crippen LogP) is 2.50. The van der Waals surface area contributed by atoms with E-state index in [9.17, 15) is 10.2 Å². The lowest BCUT2D eigenvalue weighted by Gasteiger charge is -2.45. The number of methoxy groups -OCH3 is 1. The Bertz CT molecular complexity index is 558. The molecule has 1 aromatic carbocycles. The zero-order valence-corrected chi connectivity index (χ0v) is 13.2. The van der Waals surface area contributed by atoms with Gasteiger partial charge in [0.25, 0.3) is 0 Å². The van der Waals surface area contributed by atoms with Gasteiger partial charge < -0.3 is 14.9 Å². The number of aliphatic hydroxyl groups excluding tert-OH is 1. The number of piperidine rings is 1. The number of phenolic OH excluding ortho intramolecular Hbond substituents is 1. The van der Waals surface area contributed by atoms with E-state index in [-0.39, 0.29) is 18.3 Å². The van der Waals surface area contributed by atoms with Crippen molar-refractivity contribution in [1.82, 2.24) is 4.90 Å². The van der Waals surface area contributed by atoms with Crippen LogP contribution in [0, 0.1) is 11.8 Å². The summed E-state index contributed by atoms with van der Waals surface area (Å²) in [6.45, 7) is 6.13. The third-order valence-electron chi connectivity index (χ3n) is 5.34. The van der Waals surface area contributed by atoms with Crippen LogP contribution >= 0.6 is 0 Å². The van der Waals surface area contributed by atoms with E-state index >= 15 is 0 Å². The van der Waals surface area contributed by atoms with E-state index in [4.69, 9.17) is 4.74 Å². The minimum absolute atomic E-state index is 0.166. The highest BCUT2D eigenvalue weighted by Gasteiger charge is 2.36. The predicted molar refractivity (Wildman–Crippen MR) is 86.2 cm³/mol. The van der Waals surface area contributed by atoms with Gasteiger partial charge in [0.1, 0.15) is 0 Å². The summed E-state index contributed by atoms with van der Waals surface area (Å²) in [4.78, 5) is 2.50. The Morgan fingerprint density at radius 2 is 2.27 bits per heavy atom. The van der Waals surface area contributed by atoms with Crippen molar-refractivity contribution in [1.29, 1.82) is 0 Å². The molecule has 2 heterocycles. The second-order valence-corrected chi connectivity index (χ2v) is 6.39. The monoisotopic (exact) mass is 303 g/mol. The number of aliphatic hydroxyl groups is 1. The van der Waals surface area contributed by atoms with Gasteiger partial charge in [0.2, 0.25) is 0 Å². The Morgan fingerprint density at radius 1 is 1.45 bits per heavy atom. The van der Waals surface area contributed by atoms with Gasteiger partial charge in [-0.25, -0.2) is 0 Å². The first-order valence-electron chi connectivity index (χ1n) is 8.05. The molecule has 4 heteroatoms. The third kappa shape index (κ3) is 2.61. The van der Waals surface area contributed by atoms with Gasteiger partial charge in [0.15, 0.2) is 11.5 Å². The Hall–Kier alpha value is -1.52. The van der Waals surface area contributed by atoms with Crippen LogP contribution in [-0.4, -0.2) is 41.9 Å². The second-order valence-electron chi connectivity index (χ2n) is 6.39. The van der Waals surface area contributed by atoms with E-state index in [1.807, 2.05) is 18.2 Å². The number of nitrogens with zero attached hydrogens (tertiary/aromatic N) is 1. The molecule has 0 saturated carbocycles. The molecule has 0 bridgehead atoms. The molecule has 3 unspecified atom stereocenters. The van der Waals surface area contributed by atoms with E-state index < -0.39 is 0 Å². The molecule has 22 heavy (non-hydrogen) atoms.